The molecule has 4 nitrogen and oxygen atoms in total. The monoisotopic (exact) mass is 172 g/mol. The molecule has 0 bridgehead atoms. The van der Waals surface area contributed by atoms with Crippen LogP contribution < -0.4 is 0 Å². The number of carboxylic acid groups (broad SMARTS) is 2. The molecular formula is C8H12O4. The van der Waals surface area contributed by atoms with Crippen LogP contribution in [0.25, 0.3) is 0 Å². The van der Waals surface area contributed by atoms with Gasteiger partial charge in [-0.1, -0.05) is 5.57 Å². The standard InChI is InChI=1S/C8H12O4/c1-4(2)5(3)6(7(9)10)8(11)12/h6H,1-3H3,(H,9,10)(H,11,12). The molecule has 2 N–H and O–H groups in total. The minimum Gasteiger partial charge on any atom is -0.480 e. The molecule has 0 atom stereocenters. The molecule has 0 aromatic rings. The Kier molecular flexibility index (Phi) is 3.47. The van der Waals surface area contributed by atoms with Gasteiger partial charge in [-0.25, -0.2) is 0 Å². The van der Waals surface area contributed by atoms with Crippen LogP contribution in [-0.4, -0.2) is 22.2 Å². The molecule has 0 fully saturated rings. The van der Waals surface area contributed by atoms with E-state index in [0.29, 0.717) is 5.57 Å². The van der Waals surface area contributed by atoms with Gasteiger partial charge in [-0.05, 0) is 26.3 Å². The third-order valence-electron chi connectivity index (χ3n) is 1.72. The average molecular weight is 172 g/mol. The highest BCUT2D eigenvalue weighted by Crippen LogP contribution is 2.15. The van der Waals surface area contributed by atoms with Crippen molar-refractivity contribution in [3.05, 3.63) is 11.1 Å². The summed E-state index contributed by atoms with van der Waals surface area (Å²) in [5.74, 6) is -4.04. The Hall–Kier alpha value is -1.32. The highest BCUT2D eigenvalue weighted by molar-refractivity contribution is 5.96. The zero-order valence-corrected chi connectivity index (χ0v) is 7.29. The maximum atomic E-state index is 10.5. The second-order valence-electron chi connectivity index (χ2n) is 2.79. The maximum Gasteiger partial charge on any atom is 0.322 e. The minimum atomic E-state index is -1.41. The molecule has 0 aromatic heterocycles. The van der Waals surface area contributed by atoms with Gasteiger partial charge in [0.1, 0.15) is 0 Å². The number of rotatable bonds is 3. The number of carbonyl (C=O) groups is 2. The summed E-state index contributed by atoms with van der Waals surface area (Å²) >= 11 is 0. The Bertz CT molecular complexity index is 221. The van der Waals surface area contributed by atoms with E-state index in [1.807, 2.05) is 0 Å². The first-order valence-corrected chi connectivity index (χ1v) is 3.47. The summed E-state index contributed by atoms with van der Waals surface area (Å²) < 4.78 is 0. The normalized spacial score (nSPS) is 9.67. The van der Waals surface area contributed by atoms with E-state index < -0.39 is 17.9 Å². The molecule has 0 aliphatic rings. The second kappa shape index (κ2) is 3.90. The van der Waals surface area contributed by atoms with Crippen LogP contribution in [0, 0.1) is 5.92 Å². The van der Waals surface area contributed by atoms with Gasteiger partial charge in [0.05, 0.1) is 0 Å². The molecule has 0 aliphatic heterocycles. The Labute approximate surface area is 70.5 Å². The fraction of sp³-hybridized carbons (Fsp3) is 0.500. The van der Waals surface area contributed by atoms with Crippen molar-refractivity contribution in [2.75, 3.05) is 0 Å². The first-order chi connectivity index (χ1) is 5.37. The molecule has 0 aromatic carbocycles. The van der Waals surface area contributed by atoms with Crippen molar-refractivity contribution in [3.63, 3.8) is 0 Å². The van der Waals surface area contributed by atoms with E-state index in [0.717, 1.165) is 5.57 Å². The number of allylic oxidation sites excluding steroid dienone is 1. The van der Waals surface area contributed by atoms with Crippen LogP contribution >= 0.6 is 0 Å². The number of aliphatic carboxylic acids is 2. The van der Waals surface area contributed by atoms with Crippen molar-refractivity contribution in [1.29, 1.82) is 0 Å². The van der Waals surface area contributed by atoms with Crippen LogP contribution in [-0.2, 0) is 9.59 Å². The molecule has 4 heteroatoms. The highest BCUT2D eigenvalue weighted by atomic mass is 16.4. The van der Waals surface area contributed by atoms with Crippen molar-refractivity contribution < 1.29 is 19.8 Å². The molecule has 0 saturated heterocycles. The maximum absolute atomic E-state index is 10.5. The quantitative estimate of drug-likeness (QED) is 0.494. The molecule has 0 heterocycles. The molecule has 0 amide bonds. The Morgan fingerprint density at radius 1 is 1.00 bits per heavy atom. The minimum absolute atomic E-state index is 0.384. The summed E-state index contributed by atoms with van der Waals surface area (Å²) in [5, 5.41) is 17.1. The topological polar surface area (TPSA) is 74.6 Å². The molecule has 0 saturated carbocycles. The summed E-state index contributed by atoms with van der Waals surface area (Å²) in [6, 6.07) is 0. The van der Waals surface area contributed by atoms with Crippen molar-refractivity contribution in [2.45, 2.75) is 20.8 Å². The molecule has 0 unspecified atom stereocenters. The highest BCUT2D eigenvalue weighted by Gasteiger charge is 2.27. The van der Waals surface area contributed by atoms with Crippen LogP contribution in [0.3, 0.4) is 0 Å². The number of hydrogen-bond acceptors (Lipinski definition) is 2. The lowest BCUT2D eigenvalue weighted by Crippen LogP contribution is -2.24. The number of carboxylic acids is 2. The van der Waals surface area contributed by atoms with Crippen molar-refractivity contribution in [2.24, 2.45) is 5.92 Å². The van der Waals surface area contributed by atoms with E-state index in [9.17, 15) is 9.59 Å². The van der Waals surface area contributed by atoms with Crippen LogP contribution in [0.5, 0.6) is 0 Å². The van der Waals surface area contributed by atoms with Crippen molar-refractivity contribution in [3.8, 4) is 0 Å². The van der Waals surface area contributed by atoms with E-state index in [1.165, 1.54) is 6.92 Å². The lowest BCUT2D eigenvalue weighted by Gasteiger charge is -2.09. The zero-order valence-electron chi connectivity index (χ0n) is 7.29. The fourth-order valence-electron chi connectivity index (χ4n) is 0.765. The molecule has 0 radical (unpaired) electrons. The largest absolute Gasteiger partial charge is 0.480 e. The number of hydrogen-bond donors (Lipinski definition) is 2. The fourth-order valence-corrected chi connectivity index (χ4v) is 0.765. The summed E-state index contributed by atoms with van der Waals surface area (Å²) in [4.78, 5) is 20.9. The van der Waals surface area contributed by atoms with Gasteiger partial charge in [-0.3, -0.25) is 9.59 Å². The Morgan fingerprint density at radius 2 is 1.33 bits per heavy atom. The lowest BCUT2D eigenvalue weighted by atomic mass is 9.97. The third-order valence-corrected chi connectivity index (χ3v) is 1.72. The first-order valence-electron chi connectivity index (χ1n) is 3.47. The van der Waals surface area contributed by atoms with Gasteiger partial charge in [-0.2, -0.15) is 0 Å². The van der Waals surface area contributed by atoms with Gasteiger partial charge in [0.15, 0.2) is 5.92 Å². The van der Waals surface area contributed by atoms with E-state index in [4.69, 9.17) is 10.2 Å². The van der Waals surface area contributed by atoms with Gasteiger partial charge in [0.2, 0.25) is 0 Å². The Balaban J connectivity index is 4.90. The van der Waals surface area contributed by atoms with E-state index in [-0.39, 0.29) is 0 Å². The van der Waals surface area contributed by atoms with Gasteiger partial charge in [-0.15, -0.1) is 0 Å². The van der Waals surface area contributed by atoms with Crippen molar-refractivity contribution >= 4 is 11.9 Å². The first kappa shape index (κ1) is 10.7. The Morgan fingerprint density at radius 3 is 1.42 bits per heavy atom. The van der Waals surface area contributed by atoms with Crippen LogP contribution in [0.15, 0.2) is 11.1 Å². The molecule has 12 heavy (non-hydrogen) atoms. The van der Waals surface area contributed by atoms with Gasteiger partial charge in [0.25, 0.3) is 0 Å². The smallest absolute Gasteiger partial charge is 0.322 e. The molecule has 68 valence electrons. The summed E-state index contributed by atoms with van der Waals surface area (Å²) in [7, 11) is 0. The molecule has 0 rings (SSSR count). The van der Waals surface area contributed by atoms with Crippen molar-refractivity contribution in [1.82, 2.24) is 0 Å². The average Bonchev–Trinajstić information content (AvgIpc) is 1.85. The molecule has 0 spiro atoms. The van der Waals surface area contributed by atoms with Crippen LogP contribution in [0.4, 0.5) is 0 Å². The predicted octanol–water partition coefficient (Wildman–Crippen LogP) is 1.13. The van der Waals surface area contributed by atoms with E-state index in [2.05, 4.69) is 0 Å². The van der Waals surface area contributed by atoms with Gasteiger partial charge in [0, 0.05) is 0 Å². The summed E-state index contributed by atoms with van der Waals surface area (Å²) in [6.07, 6.45) is 0. The van der Waals surface area contributed by atoms with E-state index in [1.54, 1.807) is 13.8 Å². The summed E-state index contributed by atoms with van der Waals surface area (Å²) in [6.45, 7) is 4.89. The second-order valence-corrected chi connectivity index (χ2v) is 2.79. The third kappa shape index (κ3) is 2.38. The zero-order chi connectivity index (χ0) is 9.89. The van der Waals surface area contributed by atoms with Gasteiger partial charge >= 0.3 is 11.9 Å². The summed E-state index contributed by atoms with van der Waals surface area (Å²) in [5.41, 5.74) is 1.11. The van der Waals surface area contributed by atoms with E-state index >= 15 is 0 Å². The lowest BCUT2D eigenvalue weighted by molar-refractivity contribution is -0.152. The van der Waals surface area contributed by atoms with Crippen LogP contribution in [0.2, 0.25) is 0 Å². The molecule has 0 aliphatic carbocycles. The van der Waals surface area contributed by atoms with Crippen LogP contribution in [0.1, 0.15) is 20.8 Å². The van der Waals surface area contributed by atoms with Gasteiger partial charge < -0.3 is 10.2 Å². The molecular weight excluding hydrogens is 160 g/mol. The SMILES string of the molecule is CC(C)=C(C)C(C(=O)O)C(=O)O. The predicted molar refractivity (Wildman–Crippen MR) is 42.8 cm³/mol.